The van der Waals surface area contributed by atoms with Crippen molar-refractivity contribution in [2.24, 2.45) is 7.05 Å². The van der Waals surface area contributed by atoms with Gasteiger partial charge in [-0.2, -0.15) is 0 Å². The van der Waals surface area contributed by atoms with Crippen LogP contribution >= 0.6 is 15.9 Å². The number of aryl methyl sites for hydroxylation is 1. The fraction of sp³-hybridized carbons (Fsp3) is 0.400. The minimum Gasteiger partial charge on any atom is -0.479 e. The predicted molar refractivity (Wildman–Crippen MR) is 52.6 cm³/mol. The van der Waals surface area contributed by atoms with Crippen molar-refractivity contribution < 1.29 is 23.2 Å². The molecule has 1 aromatic heterocycles. The lowest BCUT2D eigenvalue weighted by molar-refractivity contribution is -0.143. The van der Waals surface area contributed by atoms with Gasteiger partial charge in [0.25, 0.3) is 10.0 Å². The van der Waals surface area contributed by atoms with Gasteiger partial charge in [0.05, 0.1) is 0 Å². The number of halogens is 1. The van der Waals surface area contributed by atoms with Crippen LogP contribution in [0.1, 0.15) is 0 Å². The molecule has 0 spiro atoms. The Bertz CT molecular complexity index is 477. The van der Waals surface area contributed by atoms with E-state index < -0.39 is 22.6 Å². The van der Waals surface area contributed by atoms with Gasteiger partial charge in [0.2, 0.25) is 5.03 Å². The first-order chi connectivity index (χ1) is 7.34. The van der Waals surface area contributed by atoms with Gasteiger partial charge in [0.1, 0.15) is 0 Å². The molecule has 1 heterocycles. The van der Waals surface area contributed by atoms with E-state index in [1.54, 1.807) is 4.89 Å². The highest BCUT2D eigenvalue weighted by Crippen LogP contribution is 2.17. The Labute approximate surface area is 98.5 Å². The molecule has 9 nitrogen and oxygen atoms in total. The Hall–Kier alpha value is -1.04. The number of rotatable bonds is 5. The van der Waals surface area contributed by atoms with E-state index >= 15 is 0 Å². The zero-order valence-electron chi connectivity index (χ0n) is 7.92. The first-order valence-electron chi connectivity index (χ1n) is 3.75. The third-order valence-corrected chi connectivity index (χ3v) is 3.46. The van der Waals surface area contributed by atoms with Crippen molar-refractivity contribution in [1.82, 2.24) is 19.9 Å². The molecule has 16 heavy (non-hydrogen) atoms. The van der Waals surface area contributed by atoms with E-state index in [1.807, 2.05) is 0 Å². The Balaban J connectivity index is 2.83. The van der Waals surface area contributed by atoms with Gasteiger partial charge in [-0.25, -0.2) is 17.9 Å². The van der Waals surface area contributed by atoms with Gasteiger partial charge in [-0.1, -0.05) is 10.1 Å². The molecule has 0 amide bonds. The fourth-order valence-electron chi connectivity index (χ4n) is 0.816. The van der Waals surface area contributed by atoms with Crippen LogP contribution in [0.5, 0.6) is 0 Å². The molecular formula is C5H7BrN4O5S. The predicted octanol–water partition coefficient (Wildman–Crippen LogP) is -1.13. The van der Waals surface area contributed by atoms with Gasteiger partial charge in [-0.05, 0) is 15.9 Å². The summed E-state index contributed by atoms with van der Waals surface area (Å²) in [5.41, 5.74) is 0. The van der Waals surface area contributed by atoms with Gasteiger partial charge in [0.15, 0.2) is 11.2 Å². The Morgan fingerprint density at radius 2 is 2.31 bits per heavy atom. The zero-order valence-corrected chi connectivity index (χ0v) is 10.3. The third-order valence-electron chi connectivity index (χ3n) is 1.36. The highest BCUT2D eigenvalue weighted by atomic mass is 79.9. The molecule has 0 unspecified atom stereocenters. The van der Waals surface area contributed by atoms with Crippen LogP contribution in [-0.2, 0) is 26.7 Å². The normalized spacial score (nSPS) is 11.6. The third kappa shape index (κ3) is 2.98. The van der Waals surface area contributed by atoms with E-state index in [0.717, 1.165) is 4.68 Å². The van der Waals surface area contributed by atoms with E-state index in [9.17, 15) is 13.2 Å². The molecule has 0 saturated heterocycles. The topological polar surface area (TPSA) is 123 Å². The summed E-state index contributed by atoms with van der Waals surface area (Å²) < 4.78 is 24.1. The second-order valence-electron chi connectivity index (χ2n) is 2.58. The minimum absolute atomic E-state index is 0.00132. The molecule has 0 aliphatic rings. The van der Waals surface area contributed by atoms with E-state index in [2.05, 4.69) is 31.1 Å². The molecule has 0 aliphatic heterocycles. The van der Waals surface area contributed by atoms with Crippen molar-refractivity contribution in [2.75, 3.05) is 6.61 Å². The maximum atomic E-state index is 11.6. The molecule has 0 fully saturated rings. The number of nitrogens with zero attached hydrogens (tertiary/aromatic N) is 3. The van der Waals surface area contributed by atoms with Crippen molar-refractivity contribution >= 4 is 31.9 Å². The van der Waals surface area contributed by atoms with Gasteiger partial charge in [-0.15, -0.1) is 5.10 Å². The van der Waals surface area contributed by atoms with Gasteiger partial charge >= 0.3 is 5.97 Å². The van der Waals surface area contributed by atoms with Crippen LogP contribution in [0, 0.1) is 0 Å². The molecule has 0 radical (unpaired) electrons. The Kier molecular flexibility index (Phi) is 3.96. The van der Waals surface area contributed by atoms with Crippen molar-refractivity contribution in [3.63, 3.8) is 0 Å². The van der Waals surface area contributed by atoms with E-state index in [4.69, 9.17) is 5.11 Å². The number of hydrogen-bond donors (Lipinski definition) is 2. The first-order valence-corrected chi connectivity index (χ1v) is 6.03. The summed E-state index contributed by atoms with van der Waals surface area (Å²) in [5, 5.41) is 14.9. The van der Waals surface area contributed by atoms with E-state index in [-0.39, 0.29) is 9.63 Å². The van der Waals surface area contributed by atoms with Crippen LogP contribution < -0.4 is 4.89 Å². The van der Waals surface area contributed by atoms with Crippen molar-refractivity contribution in [1.29, 1.82) is 0 Å². The summed E-state index contributed by atoms with van der Waals surface area (Å²) in [5.74, 6) is -1.30. The number of hydrogen-bond acceptors (Lipinski definition) is 6. The first kappa shape index (κ1) is 13.0. The van der Waals surface area contributed by atoms with Crippen molar-refractivity contribution in [2.45, 2.75) is 5.03 Å². The maximum absolute atomic E-state index is 11.6. The van der Waals surface area contributed by atoms with Gasteiger partial charge in [-0.3, -0.25) is 4.84 Å². The lowest BCUT2D eigenvalue weighted by Gasteiger charge is -2.05. The van der Waals surface area contributed by atoms with Crippen LogP contribution in [0.25, 0.3) is 0 Å². The molecule has 2 N–H and O–H groups in total. The zero-order chi connectivity index (χ0) is 12.3. The van der Waals surface area contributed by atoms with Crippen molar-refractivity contribution in [3.8, 4) is 0 Å². The highest BCUT2D eigenvalue weighted by Gasteiger charge is 2.24. The number of aromatic nitrogens is 3. The number of carboxylic acids is 1. The average Bonchev–Trinajstić information content (AvgIpc) is 2.45. The summed E-state index contributed by atoms with van der Waals surface area (Å²) >= 11 is 2.89. The molecule has 0 atom stereocenters. The largest absolute Gasteiger partial charge is 0.479 e. The Morgan fingerprint density at radius 3 is 2.75 bits per heavy atom. The molecule has 0 aliphatic carbocycles. The molecule has 0 aromatic carbocycles. The number of carboxylic acid groups (broad SMARTS) is 1. The summed E-state index contributed by atoms with van der Waals surface area (Å²) in [4.78, 5) is 16.0. The van der Waals surface area contributed by atoms with Gasteiger partial charge < -0.3 is 5.11 Å². The van der Waals surface area contributed by atoms with Crippen LogP contribution in [-0.4, -0.2) is 41.1 Å². The molecule has 0 saturated carbocycles. The molecule has 90 valence electrons. The van der Waals surface area contributed by atoms with E-state index in [0.29, 0.717) is 0 Å². The maximum Gasteiger partial charge on any atom is 0.331 e. The molecule has 1 rings (SSSR count). The SMILES string of the molecule is Cn1nnc(Br)c1S(=O)(=O)NOCC(=O)O. The number of aliphatic carboxylic acids is 1. The van der Waals surface area contributed by atoms with Gasteiger partial charge in [0, 0.05) is 7.05 Å². The van der Waals surface area contributed by atoms with Crippen LogP contribution in [0.2, 0.25) is 0 Å². The quantitative estimate of drug-likeness (QED) is 0.659. The lowest BCUT2D eigenvalue weighted by Crippen LogP contribution is -2.28. The summed E-state index contributed by atoms with van der Waals surface area (Å²) in [6, 6.07) is 0. The summed E-state index contributed by atoms with van der Waals surface area (Å²) in [6.07, 6.45) is 0. The number of carbonyl (C=O) groups is 1. The smallest absolute Gasteiger partial charge is 0.331 e. The molecule has 0 bridgehead atoms. The van der Waals surface area contributed by atoms with Crippen LogP contribution in [0.3, 0.4) is 0 Å². The van der Waals surface area contributed by atoms with Crippen LogP contribution in [0.4, 0.5) is 0 Å². The molecule has 11 heteroatoms. The molecule has 1 aromatic rings. The van der Waals surface area contributed by atoms with Crippen molar-refractivity contribution in [3.05, 3.63) is 4.60 Å². The summed E-state index contributed by atoms with van der Waals surface area (Å²) in [6.45, 7) is -0.790. The summed E-state index contributed by atoms with van der Waals surface area (Å²) in [7, 11) is -2.65. The van der Waals surface area contributed by atoms with E-state index in [1.165, 1.54) is 7.05 Å². The number of sulfonamides is 1. The van der Waals surface area contributed by atoms with Crippen LogP contribution in [0.15, 0.2) is 9.63 Å². The Morgan fingerprint density at radius 1 is 1.69 bits per heavy atom. The highest BCUT2D eigenvalue weighted by molar-refractivity contribution is 9.10. The molecular weight excluding hydrogens is 308 g/mol. The second-order valence-corrected chi connectivity index (χ2v) is 4.89. The fourth-order valence-corrected chi connectivity index (χ4v) is 2.72. The minimum atomic E-state index is -4.02. The lowest BCUT2D eigenvalue weighted by atomic mass is 10.8. The second kappa shape index (κ2) is 4.86. The monoisotopic (exact) mass is 314 g/mol. The average molecular weight is 315 g/mol. The number of nitrogens with one attached hydrogen (secondary N) is 1. The standard InChI is InChI=1S/C5H7BrN4O5S/c1-10-5(4(6)7-8-10)16(13,14)9-15-2-3(11)12/h9H,2H2,1H3,(H,11,12).